The van der Waals surface area contributed by atoms with Crippen LogP contribution in [0.1, 0.15) is 19.3 Å². The lowest BCUT2D eigenvalue weighted by atomic mass is 10.1. The standard InChI is InChI=1S/C17H24N2O3.ClH/c20-17(12-16-13-18-8-11-21-16)19-9-6-15(7-10-19)22-14-4-2-1-3-5-14;/h1-5,15-16,18H,6-13H2;1H. The molecule has 1 aromatic carbocycles. The van der Waals surface area contributed by atoms with Gasteiger partial charge in [-0.3, -0.25) is 4.79 Å². The number of halogens is 1. The molecule has 2 aliphatic heterocycles. The van der Waals surface area contributed by atoms with E-state index in [0.29, 0.717) is 13.0 Å². The first-order valence-electron chi connectivity index (χ1n) is 8.13. The van der Waals surface area contributed by atoms with Gasteiger partial charge in [0.05, 0.1) is 19.1 Å². The Morgan fingerprint density at radius 1 is 1.26 bits per heavy atom. The summed E-state index contributed by atoms with van der Waals surface area (Å²) in [6, 6.07) is 9.89. The van der Waals surface area contributed by atoms with Crippen molar-refractivity contribution >= 4 is 18.3 Å². The number of likely N-dealkylation sites (tertiary alicyclic amines) is 1. The number of amides is 1. The first-order valence-corrected chi connectivity index (χ1v) is 8.13. The molecule has 0 radical (unpaired) electrons. The maximum absolute atomic E-state index is 12.3. The van der Waals surface area contributed by atoms with Gasteiger partial charge in [0, 0.05) is 39.0 Å². The van der Waals surface area contributed by atoms with Gasteiger partial charge < -0.3 is 19.7 Å². The van der Waals surface area contributed by atoms with E-state index in [2.05, 4.69) is 5.32 Å². The maximum atomic E-state index is 12.3. The quantitative estimate of drug-likeness (QED) is 0.909. The third-order valence-electron chi connectivity index (χ3n) is 4.25. The van der Waals surface area contributed by atoms with Crippen LogP contribution in [-0.4, -0.2) is 55.8 Å². The number of nitrogens with one attached hydrogen (secondary N) is 1. The molecule has 0 aromatic heterocycles. The number of morpholine rings is 1. The smallest absolute Gasteiger partial charge is 0.225 e. The fourth-order valence-corrected chi connectivity index (χ4v) is 2.99. The van der Waals surface area contributed by atoms with Crippen molar-refractivity contribution in [2.24, 2.45) is 0 Å². The molecule has 1 atom stereocenters. The van der Waals surface area contributed by atoms with E-state index in [9.17, 15) is 4.79 Å². The first kappa shape index (κ1) is 18.0. The molecule has 1 amide bonds. The molecule has 0 spiro atoms. The van der Waals surface area contributed by atoms with Crippen LogP contribution in [0.15, 0.2) is 30.3 Å². The third kappa shape index (κ3) is 5.37. The Labute approximate surface area is 143 Å². The zero-order chi connectivity index (χ0) is 15.2. The molecular weight excluding hydrogens is 316 g/mol. The molecule has 2 fully saturated rings. The number of piperidine rings is 1. The van der Waals surface area contributed by atoms with E-state index >= 15 is 0 Å². The molecule has 2 aliphatic rings. The van der Waals surface area contributed by atoms with Gasteiger partial charge in [0.1, 0.15) is 11.9 Å². The number of benzene rings is 1. The van der Waals surface area contributed by atoms with Crippen molar-refractivity contribution < 1.29 is 14.3 Å². The molecule has 128 valence electrons. The molecule has 0 bridgehead atoms. The van der Waals surface area contributed by atoms with Crippen LogP contribution in [0.2, 0.25) is 0 Å². The van der Waals surface area contributed by atoms with Crippen LogP contribution in [-0.2, 0) is 9.53 Å². The van der Waals surface area contributed by atoms with E-state index in [1.807, 2.05) is 35.2 Å². The van der Waals surface area contributed by atoms with Crippen LogP contribution >= 0.6 is 12.4 Å². The molecule has 5 nitrogen and oxygen atoms in total. The van der Waals surface area contributed by atoms with Crippen LogP contribution in [0.5, 0.6) is 5.75 Å². The summed E-state index contributed by atoms with van der Waals surface area (Å²) in [6.45, 7) is 3.91. The molecule has 0 saturated carbocycles. The number of ether oxygens (including phenoxy) is 2. The van der Waals surface area contributed by atoms with Crippen molar-refractivity contribution in [3.63, 3.8) is 0 Å². The predicted molar refractivity (Wildman–Crippen MR) is 91.1 cm³/mol. The van der Waals surface area contributed by atoms with E-state index in [0.717, 1.165) is 44.8 Å². The average molecular weight is 341 g/mol. The SMILES string of the molecule is Cl.O=C(CC1CNCCO1)N1CCC(Oc2ccccc2)CC1. The molecule has 23 heavy (non-hydrogen) atoms. The molecule has 2 saturated heterocycles. The average Bonchev–Trinajstić information content (AvgIpc) is 2.57. The Bertz CT molecular complexity index is 472. The Balaban J connectivity index is 0.00000192. The Morgan fingerprint density at radius 2 is 2.00 bits per heavy atom. The van der Waals surface area contributed by atoms with E-state index in [4.69, 9.17) is 9.47 Å². The summed E-state index contributed by atoms with van der Waals surface area (Å²) in [4.78, 5) is 14.3. The number of para-hydroxylation sites is 1. The van der Waals surface area contributed by atoms with Crippen molar-refractivity contribution in [2.75, 3.05) is 32.8 Å². The highest BCUT2D eigenvalue weighted by Crippen LogP contribution is 2.19. The fraction of sp³-hybridized carbons (Fsp3) is 0.588. The lowest BCUT2D eigenvalue weighted by Gasteiger charge is -2.33. The summed E-state index contributed by atoms with van der Waals surface area (Å²) in [5.74, 6) is 1.11. The third-order valence-corrected chi connectivity index (χ3v) is 4.25. The van der Waals surface area contributed by atoms with E-state index in [1.165, 1.54) is 0 Å². The van der Waals surface area contributed by atoms with Gasteiger partial charge in [0.25, 0.3) is 0 Å². The molecule has 3 rings (SSSR count). The number of hydrogen-bond acceptors (Lipinski definition) is 4. The predicted octanol–water partition coefficient (Wildman–Crippen LogP) is 1.86. The van der Waals surface area contributed by atoms with Crippen LogP contribution in [0.25, 0.3) is 0 Å². The monoisotopic (exact) mass is 340 g/mol. The summed E-state index contributed by atoms with van der Waals surface area (Å²) in [7, 11) is 0. The van der Waals surface area contributed by atoms with Gasteiger partial charge in [0.15, 0.2) is 0 Å². The molecule has 1 unspecified atom stereocenters. The molecule has 0 aliphatic carbocycles. The second-order valence-electron chi connectivity index (χ2n) is 5.91. The Hall–Kier alpha value is -1.30. The van der Waals surface area contributed by atoms with Crippen molar-refractivity contribution in [1.82, 2.24) is 10.2 Å². The minimum atomic E-state index is 0. The lowest BCUT2D eigenvalue weighted by molar-refractivity contribution is -0.136. The maximum Gasteiger partial charge on any atom is 0.225 e. The Morgan fingerprint density at radius 3 is 2.65 bits per heavy atom. The van der Waals surface area contributed by atoms with Crippen molar-refractivity contribution in [2.45, 2.75) is 31.5 Å². The minimum absolute atomic E-state index is 0. The van der Waals surface area contributed by atoms with E-state index in [1.54, 1.807) is 0 Å². The highest BCUT2D eigenvalue weighted by Gasteiger charge is 2.26. The molecule has 1 N–H and O–H groups in total. The molecule has 6 heteroatoms. The topological polar surface area (TPSA) is 50.8 Å². The van der Waals surface area contributed by atoms with Gasteiger partial charge >= 0.3 is 0 Å². The lowest BCUT2D eigenvalue weighted by Crippen LogP contribution is -2.45. The molecule has 2 heterocycles. The number of hydrogen-bond donors (Lipinski definition) is 1. The highest BCUT2D eigenvalue weighted by molar-refractivity contribution is 5.85. The summed E-state index contributed by atoms with van der Waals surface area (Å²) >= 11 is 0. The summed E-state index contributed by atoms with van der Waals surface area (Å²) < 4.78 is 11.6. The summed E-state index contributed by atoms with van der Waals surface area (Å²) in [5.41, 5.74) is 0. The number of rotatable bonds is 4. The molecular formula is C17H25ClN2O3. The second kappa shape index (κ2) is 9.11. The van der Waals surface area contributed by atoms with Crippen molar-refractivity contribution in [3.8, 4) is 5.75 Å². The van der Waals surface area contributed by atoms with Crippen LogP contribution in [0, 0.1) is 0 Å². The fourth-order valence-electron chi connectivity index (χ4n) is 2.99. The van der Waals surface area contributed by atoms with Gasteiger partial charge in [-0.2, -0.15) is 0 Å². The van der Waals surface area contributed by atoms with Gasteiger partial charge in [-0.05, 0) is 12.1 Å². The zero-order valence-electron chi connectivity index (χ0n) is 13.3. The van der Waals surface area contributed by atoms with Crippen molar-refractivity contribution in [3.05, 3.63) is 30.3 Å². The van der Waals surface area contributed by atoms with Gasteiger partial charge in [-0.1, -0.05) is 18.2 Å². The van der Waals surface area contributed by atoms with E-state index < -0.39 is 0 Å². The highest BCUT2D eigenvalue weighted by atomic mass is 35.5. The minimum Gasteiger partial charge on any atom is -0.490 e. The van der Waals surface area contributed by atoms with E-state index in [-0.39, 0.29) is 30.5 Å². The van der Waals surface area contributed by atoms with Gasteiger partial charge in [-0.15, -0.1) is 12.4 Å². The molecule has 1 aromatic rings. The second-order valence-corrected chi connectivity index (χ2v) is 5.91. The van der Waals surface area contributed by atoms with Crippen molar-refractivity contribution in [1.29, 1.82) is 0 Å². The zero-order valence-corrected chi connectivity index (χ0v) is 14.1. The summed E-state index contributed by atoms with van der Waals surface area (Å²) in [6.07, 6.45) is 2.50. The normalized spacial score (nSPS) is 22.3. The number of nitrogens with zero attached hydrogens (tertiary/aromatic N) is 1. The number of carbonyl (C=O) groups excluding carboxylic acids is 1. The van der Waals surface area contributed by atoms with Crippen LogP contribution in [0.4, 0.5) is 0 Å². The largest absolute Gasteiger partial charge is 0.490 e. The van der Waals surface area contributed by atoms with Gasteiger partial charge in [0.2, 0.25) is 5.91 Å². The first-order chi connectivity index (χ1) is 10.8. The van der Waals surface area contributed by atoms with Crippen LogP contribution < -0.4 is 10.1 Å². The summed E-state index contributed by atoms with van der Waals surface area (Å²) in [5, 5.41) is 3.26. The Kier molecular flexibility index (Phi) is 7.15. The van der Waals surface area contributed by atoms with Crippen LogP contribution in [0.3, 0.4) is 0 Å². The van der Waals surface area contributed by atoms with Gasteiger partial charge in [-0.25, -0.2) is 0 Å². The number of carbonyl (C=O) groups is 1.